The van der Waals surface area contributed by atoms with Gasteiger partial charge >= 0.3 is 6.18 Å². The van der Waals surface area contributed by atoms with E-state index in [1.807, 2.05) is 6.92 Å². The molecule has 0 spiro atoms. The standard InChI is InChI=1S/C21H26F3O3P/c1-2-3-4-11-16-19(20(25)21(22,23)24)27-28(26,17-12-7-5-8-13-17)18-14-9-6-10-15-18/h5-10,12-15,19-20,25H,2-4,11,16H2,1H3. The third-order valence-electron chi connectivity index (χ3n) is 4.51. The molecule has 0 saturated carbocycles. The van der Waals surface area contributed by atoms with Crippen LogP contribution in [0.1, 0.15) is 39.0 Å². The fraction of sp³-hybridized carbons (Fsp3) is 0.429. The highest BCUT2D eigenvalue weighted by Gasteiger charge is 2.46. The Hall–Kier alpha value is -1.62. The summed E-state index contributed by atoms with van der Waals surface area (Å²) < 4.78 is 59.2. The molecule has 2 rings (SSSR count). The molecule has 0 fully saturated rings. The van der Waals surface area contributed by atoms with E-state index in [0.29, 0.717) is 17.0 Å². The number of aliphatic hydroxyl groups excluding tert-OH is 1. The SMILES string of the molecule is CCCCCCC(OP(=O)(c1ccccc1)c1ccccc1)C(O)C(F)(F)F. The topological polar surface area (TPSA) is 46.5 Å². The van der Waals surface area contributed by atoms with E-state index in [1.165, 1.54) is 0 Å². The van der Waals surface area contributed by atoms with Gasteiger partial charge in [-0.1, -0.05) is 69.0 Å². The normalized spacial score (nSPS) is 14.6. The molecule has 154 valence electrons. The van der Waals surface area contributed by atoms with Gasteiger partial charge in [0, 0.05) is 10.6 Å². The first-order valence-corrected chi connectivity index (χ1v) is 11.1. The molecule has 0 bridgehead atoms. The van der Waals surface area contributed by atoms with Crippen LogP contribution in [0.25, 0.3) is 0 Å². The van der Waals surface area contributed by atoms with Crippen molar-refractivity contribution in [3.8, 4) is 0 Å². The second-order valence-corrected chi connectivity index (χ2v) is 9.05. The molecule has 2 aromatic rings. The van der Waals surface area contributed by atoms with Crippen molar-refractivity contribution in [2.24, 2.45) is 0 Å². The average Bonchev–Trinajstić information content (AvgIpc) is 2.70. The molecular weight excluding hydrogens is 388 g/mol. The van der Waals surface area contributed by atoms with Crippen LogP contribution in [0.2, 0.25) is 0 Å². The lowest BCUT2D eigenvalue weighted by atomic mass is 10.1. The van der Waals surface area contributed by atoms with Gasteiger partial charge in [-0.05, 0) is 30.7 Å². The molecule has 0 amide bonds. The summed E-state index contributed by atoms with van der Waals surface area (Å²) in [5.41, 5.74) is 0. The molecule has 2 unspecified atom stereocenters. The molecule has 0 aromatic heterocycles. The van der Waals surface area contributed by atoms with Crippen molar-refractivity contribution >= 4 is 18.0 Å². The second kappa shape index (κ2) is 10.2. The molecule has 0 aliphatic heterocycles. The summed E-state index contributed by atoms with van der Waals surface area (Å²) in [6.07, 6.45) is -6.20. The molecule has 2 aromatic carbocycles. The first kappa shape index (κ1) is 22.7. The fourth-order valence-electron chi connectivity index (χ4n) is 2.96. The van der Waals surface area contributed by atoms with E-state index in [1.54, 1.807) is 60.7 Å². The largest absolute Gasteiger partial charge is 0.416 e. The van der Waals surface area contributed by atoms with Crippen molar-refractivity contribution in [2.45, 2.75) is 57.4 Å². The zero-order valence-electron chi connectivity index (χ0n) is 15.8. The van der Waals surface area contributed by atoms with Crippen LogP contribution < -0.4 is 10.6 Å². The minimum absolute atomic E-state index is 0.0235. The summed E-state index contributed by atoms with van der Waals surface area (Å²) in [5.74, 6) is 0. The van der Waals surface area contributed by atoms with Gasteiger partial charge in [0.2, 0.25) is 0 Å². The zero-order valence-corrected chi connectivity index (χ0v) is 16.7. The molecule has 2 atom stereocenters. The first-order valence-electron chi connectivity index (χ1n) is 9.43. The fourth-order valence-corrected chi connectivity index (χ4v) is 5.23. The van der Waals surface area contributed by atoms with E-state index in [4.69, 9.17) is 4.52 Å². The summed E-state index contributed by atoms with van der Waals surface area (Å²) in [6.45, 7) is 2.00. The number of hydrogen-bond acceptors (Lipinski definition) is 3. The van der Waals surface area contributed by atoms with Gasteiger partial charge in [-0.2, -0.15) is 13.2 Å². The highest BCUT2D eigenvalue weighted by atomic mass is 31.2. The molecular formula is C21H26F3O3P. The molecule has 0 heterocycles. The van der Waals surface area contributed by atoms with Crippen molar-refractivity contribution in [3.05, 3.63) is 60.7 Å². The number of unbranched alkanes of at least 4 members (excludes halogenated alkanes) is 3. The Bertz CT molecular complexity index is 707. The van der Waals surface area contributed by atoms with Gasteiger partial charge in [0.1, 0.15) is 6.10 Å². The molecule has 0 radical (unpaired) electrons. The van der Waals surface area contributed by atoms with Crippen molar-refractivity contribution < 1.29 is 27.4 Å². The summed E-state index contributed by atoms with van der Waals surface area (Å²) in [5, 5.41) is 10.5. The van der Waals surface area contributed by atoms with Crippen LogP contribution >= 0.6 is 7.37 Å². The Balaban J connectivity index is 2.38. The lowest BCUT2D eigenvalue weighted by molar-refractivity contribution is -0.226. The van der Waals surface area contributed by atoms with Crippen LogP contribution in [0.5, 0.6) is 0 Å². The van der Waals surface area contributed by atoms with Crippen LogP contribution in [-0.2, 0) is 9.09 Å². The van der Waals surface area contributed by atoms with Crippen LogP contribution in [0.3, 0.4) is 0 Å². The number of aliphatic hydroxyl groups is 1. The number of benzene rings is 2. The van der Waals surface area contributed by atoms with Gasteiger partial charge < -0.3 is 9.63 Å². The van der Waals surface area contributed by atoms with Crippen LogP contribution in [-0.4, -0.2) is 23.5 Å². The van der Waals surface area contributed by atoms with E-state index in [9.17, 15) is 22.8 Å². The van der Waals surface area contributed by atoms with E-state index in [-0.39, 0.29) is 6.42 Å². The zero-order chi connectivity index (χ0) is 20.6. The van der Waals surface area contributed by atoms with Gasteiger partial charge in [-0.15, -0.1) is 0 Å². The summed E-state index contributed by atoms with van der Waals surface area (Å²) >= 11 is 0. The van der Waals surface area contributed by atoms with E-state index in [2.05, 4.69) is 0 Å². The summed E-state index contributed by atoms with van der Waals surface area (Å²) in [4.78, 5) is 0. The minimum Gasteiger partial charge on any atom is -0.381 e. The van der Waals surface area contributed by atoms with Crippen LogP contribution in [0.4, 0.5) is 13.2 Å². The minimum atomic E-state index is -4.85. The van der Waals surface area contributed by atoms with Crippen molar-refractivity contribution in [3.63, 3.8) is 0 Å². The molecule has 7 heteroatoms. The van der Waals surface area contributed by atoms with Gasteiger partial charge in [-0.25, -0.2) is 0 Å². The number of rotatable bonds is 10. The molecule has 28 heavy (non-hydrogen) atoms. The number of hydrogen-bond donors (Lipinski definition) is 1. The van der Waals surface area contributed by atoms with Gasteiger partial charge in [0.05, 0.1) is 0 Å². The molecule has 3 nitrogen and oxygen atoms in total. The van der Waals surface area contributed by atoms with Crippen molar-refractivity contribution in [2.75, 3.05) is 0 Å². The second-order valence-electron chi connectivity index (χ2n) is 6.70. The summed E-state index contributed by atoms with van der Waals surface area (Å²) in [7, 11) is -3.82. The van der Waals surface area contributed by atoms with Gasteiger partial charge in [-0.3, -0.25) is 4.57 Å². The Morgan fingerprint density at radius 2 is 1.43 bits per heavy atom. The van der Waals surface area contributed by atoms with Crippen molar-refractivity contribution in [1.29, 1.82) is 0 Å². The first-order chi connectivity index (χ1) is 13.3. The molecule has 0 saturated heterocycles. The highest BCUT2D eigenvalue weighted by molar-refractivity contribution is 7.74. The third-order valence-corrected chi connectivity index (χ3v) is 7.03. The highest BCUT2D eigenvalue weighted by Crippen LogP contribution is 2.48. The maximum Gasteiger partial charge on any atom is 0.416 e. The average molecular weight is 414 g/mol. The molecule has 0 aliphatic rings. The van der Waals surface area contributed by atoms with E-state index in [0.717, 1.165) is 19.3 Å². The quantitative estimate of drug-likeness (QED) is 0.430. The summed E-state index contributed by atoms with van der Waals surface area (Å²) in [6, 6.07) is 16.4. The monoisotopic (exact) mass is 414 g/mol. The molecule has 0 aliphatic carbocycles. The number of halogens is 3. The lowest BCUT2D eigenvalue weighted by Gasteiger charge is -2.30. The Kier molecular flexibility index (Phi) is 8.29. The Labute approximate surface area is 164 Å². The predicted octanol–water partition coefficient (Wildman–Crippen LogP) is 5.19. The van der Waals surface area contributed by atoms with Gasteiger partial charge in [0.15, 0.2) is 6.10 Å². The van der Waals surface area contributed by atoms with E-state index < -0.39 is 25.8 Å². The van der Waals surface area contributed by atoms with Crippen LogP contribution in [0, 0.1) is 0 Å². The number of alkyl halides is 3. The Morgan fingerprint density at radius 1 is 0.929 bits per heavy atom. The Morgan fingerprint density at radius 3 is 1.86 bits per heavy atom. The lowest BCUT2D eigenvalue weighted by Crippen LogP contribution is -2.42. The van der Waals surface area contributed by atoms with Gasteiger partial charge in [0.25, 0.3) is 7.37 Å². The van der Waals surface area contributed by atoms with Crippen LogP contribution in [0.15, 0.2) is 60.7 Å². The maximum absolute atomic E-state index is 13.8. The van der Waals surface area contributed by atoms with E-state index >= 15 is 0 Å². The smallest absolute Gasteiger partial charge is 0.381 e. The predicted molar refractivity (Wildman–Crippen MR) is 105 cm³/mol. The maximum atomic E-state index is 13.8. The third kappa shape index (κ3) is 5.94. The molecule has 1 N–H and O–H groups in total. The van der Waals surface area contributed by atoms with Crippen molar-refractivity contribution in [1.82, 2.24) is 0 Å².